The Morgan fingerprint density at radius 1 is 0.200 bits per heavy atom. The van der Waals surface area contributed by atoms with Gasteiger partial charge in [0.2, 0.25) is 0 Å². The van der Waals surface area contributed by atoms with Crippen LogP contribution in [0.2, 0.25) is 0 Å². The molecule has 17 rings (SSSR count). The first-order valence-electron chi connectivity index (χ1n) is 25.7. The van der Waals surface area contributed by atoms with Crippen molar-refractivity contribution in [2.45, 2.75) is 0 Å². The summed E-state index contributed by atoms with van der Waals surface area (Å²) < 4.78 is 20.0. The molecule has 0 radical (unpaired) electrons. The Morgan fingerprint density at radius 3 is 0.987 bits per heavy atom. The summed E-state index contributed by atoms with van der Waals surface area (Å²) in [5.41, 5.74) is 14.8. The molecule has 3 nitrogen and oxygen atoms in total. The monoisotopic (exact) mass is 952 g/mol. The van der Waals surface area contributed by atoms with Crippen LogP contribution in [0.4, 0.5) is 0 Å². The molecule has 3 heteroatoms. The Kier molecular flexibility index (Phi) is 8.28. The normalized spacial score (nSPS) is 12.3. The lowest BCUT2D eigenvalue weighted by Crippen LogP contribution is -1.91. The second-order valence-corrected chi connectivity index (χ2v) is 20.1. The van der Waals surface area contributed by atoms with Gasteiger partial charge in [0.25, 0.3) is 0 Å². The van der Waals surface area contributed by atoms with Crippen molar-refractivity contribution in [2.24, 2.45) is 0 Å². The number of furan rings is 3. The molecular weight excluding hydrogens is 913 g/mol. The molecule has 0 aliphatic heterocycles. The van der Waals surface area contributed by atoms with Crippen LogP contribution < -0.4 is 0 Å². The van der Waals surface area contributed by atoms with Gasteiger partial charge >= 0.3 is 0 Å². The van der Waals surface area contributed by atoms with E-state index in [2.05, 4.69) is 243 Å². The molecule has 0 atom stereocenters. The summed E-state index contributed by atoms with van der Waals surface area (Å²) in [6.07, 6.45) is 0. The van der Waals surface area contributed by atoms with E-state index in [0.29, 0.717) is 0 Å². The van der Waals surface area contributed by atoms with Crippen molar-refractivity contribution in [2.75, 3.05) is 0 Å². The highest BCUT2D eigenvalue weighted by molar-refractivity contribution is 6.28. The molecule has 0 N–H and O–H groups in total. The third-order valence-electron chi connectivity index (χ3n) is 16.2. The summed E-state index contributed by atoms with van der Waals surface area (Å²) in [6.45, 7) is 0. The molecule has 75 heavy (non-hydrogen) atoms. The Morgan fingerprint density at radius 2 is 0.560 bits per heavy atom. The standard InChI is InChI=1S/C72H40O3/c1-3-16-46-41(14-1)28-33-56-59-38-43(30-35-62(59)74-71(46)56)66-48-18-5-7-20-50(48)68(51-21-8-6-19-49(51)66)45-32-37-64-61(40-45)70-58(26-13-27-65(70)73-64)69-54-24-11-9-22-52(54)67(53-23-10-12-25-55(53)69)44-31-36-63-60(39-44)57-34-29-42-15-2-4-17-47(42)72(57)75-63/h1-40H. The first kappa shape index (κ1) is 40.6. The fourth-order valence-corrected chi connectivity index (χ4v) is 13.0. The molecule has 0 amide bonds. The number of hydrogen-bond donors (Lipinski definition) is 0. The van der Waals surface area contributed by atoms with Gasteiger partial charge in [-0.25, -0.2) is 0 Å². The number of hydrogen-bond acceptors (Lipinski definition) is 3. The molecule has 3 aromatic heterocycles. The second kappa shape index (κ2) is 15.3. The van der Waals surface area contributed by atoms with Crippen LogP contribution in [-0.4, -0.2) is 0 Å². The molecule has 0 bridgehead atoms. The molecule has 0 saturated heterocycles. The predicted octanol–water partition coefficient (Wildman–Crippen LogP) is 21.0. The van der Waals surface area contributed by atoms with Gasteiger partial charge in [-0.05, 0) is 153 Å². The summed E-state index contributed by atoms with van der Waals surface area (Å²) in [5, 5.41) is 20.9. The fraction of sp³-hybridized carbons (Fsp3) is 0. The van der Waals surface area contributed by atoms with Gasteiger partial charge in [0.05, 0.1) is 0 Å². The van der Waals surface area contributed by atoms with Gasteiger partial charge in [0.1, 0.15) is 33.5 Å². The maximum atomic E-state index is 6.84. The third kappa shape index (κ3) is 5.75. The summed E-state index contributed by atoms with van der Waals surface area (Å²) in [7, 11) is 0. The topological polar surface area (TPSA) is 39.4 Å². The lowest BCUT2D eigenvalue weighted by atomic mass is 9.84. The van der Waals surface area contributed by atoms with E-state index < -0.39 is 0 Å². The molecule has 3 heterocycles. The minimum Gasteiger partial charge on any atom is -0.456 e. The van der Waals surface area contributed by atoms with Gasteiger partial charge in [0, 0.05) is 43.1 Å². The average molecular weight is 953 g/mol. The molecule has 0 fully saturated rings. The van der Waals surface area contributed by atoms with Crippen molar-refractivity contribution in [1.29, 1.82) is 0 Å². The second-order valence-electron chi connectivity index (χ2n) is 20.1. The van der Waals surface area contributed by atoms with Crippen molar-refractivity contribution in [1.82, 2.24) is 0 Å². The average Bonchev–Trinajstić information content (AvgIpc) is 4.21. The zero-order valence-corrected chi connectivity index (χ0v) is 40.3. The first-order chi connectivity index (χ1) is 37.2. The SMILES string of the molecule is c1ccc2c(c1)ccc1c3cc(-c4c5ccccc5c(-c5ccc6oc7cccc(-c8c9ccccc9c(-c9ccc%10oc%11c%12ccccc%12ccc%11c%10c9)c9ccccc89)c7c6c5)c5ccccc45)ccc3oc21. The third-order valence-corrected chi connectivity index (χ3v) is 16.2. The van der Waals surface area contributed by atoms with Crippen LogP contribution in [0.15, 0.2) is 256 Å². The van der Waals surface area contributed by atoms with Crippen LogP contribution in [0.5, 0.6) is 0 Å². The van der Waals surface area contributed by atoms with Crippen LogP contribution in [0.25, 0.3) is 175 Å². The lowest BCUT2D eigenvalue weighted by Gasteiger charge is -2.18. The van der Waals surface area contributed by atoms with Crippen LogP contribution >= 0.6 is 0 Å². The van der Waals surface area contributed by atoms with E-state index in [9.17, 15) is 0 Å². The van der Waals surface area contributed by atoms with Crippen LogP contribution in [0, 0.1) is 0 Å². The summed E-state index contributed by atoms with van der Waals surface area (Å²) in [6, 6.07) is 88.2. The molecule has 0 aliphatic rings. The van der Waals surface area contributed by atoms with E-state index in [0.717, 1.165) is 98.8 Å². The Labute approximate surface area is 428 Å². The van der Waals surface area contributed by atoms with Gasteiger partial charge < -0.3 is 13.3 Å². The maximum Gasteiger partial charge on any atom is 0.143 e. The van der Waals surface area contributed by atoms with Gasteiger partial charge in [-0.1, -0.05) is 188 Å². The minimum atomic E-state index is 0.860. The van der Waals surface area contributed by atoms with Gasteiger partial charge in [-0.15, -0.1) is 0 Å². The van der Waals surface area contributed by atoms with E-state index in [4.69, 9.17) is 13.3 Å². The largest absolute Gasteiger partial charge is 0.456 e. The van der Waals surface area contributed by atoms with Gasteiger partial charge in [0.15, 0.2) is 0 Å². The number of rotatable bonds is 4. The highest BCUT2D eigenvalue weighted by Gasteiger charge is 2.24. The van der Waals surface area contributed by atoms with Gasteiger partial charge in [-0.2, -0.15) is 0 Å². The predicted molar refractivity (Wildman–Crippen MR) is 315 cm³/mol. The van der Waals surface area contributed by atoms with E-state index >= 15 is 0 Å². The molecule has 0 saturated carbocycles. The Bertz CT molecular complexity index is 5200. The zero-order valence-electron chi connectivity index (χ0n) is 40.3. The molecular formula is C72H40O3. The number of benzene rings is 14. The van der Waals surface area contributed by atoms with Crippen LogP contribution in [0.3, 0.4) is 0 Å². The van der Waals surface area contributed by atoms with Gasteiger partial charge in [-0.3, -0.25) is 0 Å². The summed E-state index contributed by atoms with van der Waals surface area (Å²) >= 11 is 0. The van der Waals surface area contributed by atoms with E-state index in [1.165, 1.54) is 76.1 Å². The highest BCUT2D eigenvalue weighted by Crippen LogP contribution is 2.50. The van der Waals surface area contributed by atoms with Crippen LogP contribution in [-0.2, 0) is 0 Å². The fourth-order valence-electron chi connectivity index (χ4n) is 13.0. The van der Waals surface area contributed by atoms with E-state index in [1.807, 2.05) is 0 Å². The van der Waals surface area contributed by atoms with Crippen LogP contribution in [0.1, 0.15) is 0 Å². The van der Waals surface area contributed by atoms with Crippen molar-refractivity contribution in [3.05, 3.63) is 243 Å². The summed E-state index contributed by atoms with van der Waals surface area (Å²) in [5.74, 6) is 0. The quantitative estimate of drug-likeness (QED) is 0.165. The summed E-state index contributed by atoms with van der Waals surface area (Å²) in [4.78, 5) is 0. The van der Waals surface area contributed by atoms with Crippen molar-refractivity contribution < 1.29 is 13.3 Å². The molecule has 0 spiro atoms. The minimum absolute atomic E-state index is 0.860. The molecule has 14 aromatic carbocycles. The first-order valence-corrected chi connectivity index (χ1v) is 25.7. The Balaban J connectivity index is 0.872. The molecule has 0 unspecified atom stereocenters. The molecule has 346 valence electrons. The van der Waals surface area contributed by atoms with Crippen molar-refractivity contribution in [3.8, 4) is 44.5 Å². The van der Waals surface area contributed by atoms with E-state index in [-0.39, 0.29) is 0 Å². The van der Waals surface area contributed by atoms with Crippen molar-refractivity contribution >= 4 is 130 Å². The smallest absolute Gasteiger partial charge is 0.143 e. The highest BCUT2D eigenvalue weighted by atomic mass is 16.3. The van der Waals surface area contributed by atoms with E-state index in [1.54, 1.807) is 0 Å². The maximum absolute atomic E-state index is 6.84. The molecule has 0 aliphatic carbocycles. The molecule has 17 aromatic rings. The lowest BCUT2D eigenvalue weighted by molar-refractivity contribution is 0.669. The Hall–Kier alpha value is -9.96. The zero-order chi connectivity index (χ0) is 48.9. The number of fused-ring (bicyclic) bond motifs is 17. The van der Waals surface area contributed by atoms with Crippen molar-refractivity contribution in [3.63, 3.8) is 0 Å².